The van der Waals surface area contributed by atoms with Crippen LogP contribution in [0.1, 0.15) is 95.5 Å². The number of hydrogen-bond donors (Lipinski definition) is 0. The van der Waals surface area contributed by atoms with Crippen LogP contribution in [0.2, 0.25) is 0 Å². The summed E-state index contributed by atoms with van der Waals surface area (Å²) >= 11 is 0. The molecule has 0 saturated carbocycles. The van der Waals surface area contributed by atoms with Gasteiger partial charge in [0.2, 0.25) is 0 Å². The molecule has 79 heavy (non-hydrogen) atoms. The van der Waals surface area contributed by atoms with Gasteiger partial charge < -0.3 is 50.7 Å². The largest absolute Gasteiger partial charge is 0.544 e. The smallest absolute Gasteiger partial charge is 0.338 e. The Balaban J connectivity index is 0.000000369. The third kappa shape index (κ3) is 23.4. The summed E-state index contributed by atoms with van der Waals surface area (Å²) in [4.78, 5) is 49.3. The van der Waals surface area contributed by atoms with Gasteiger partial charge in [-0.2, -0.15) is 17.6 Å². The van der Waals surface area contributed by atoms with Crippen LogP contribution in [0.3, 0.4) is 0 Å². The quantitative estimate of drug-likeness (QED) is 0.0284. The van der Waals surface area contributed by atoms with Gasteiger partial charge in [-0.05, 0) is 138 Å². The molecule has 0 N–H and O–H groups in total. The molecule has 0 saturated heterocycles. The fraction of sp³-hybridized carbons (Fsp3) is 0.349. The third-order valence-corrected chi connectivity index (χ3v) is 12.6. The molecule has 428 valence electrons. The molecule has 0 aliphatic rings. The predicted molar refractivity (Wildman–Crippen MR) is 298 cm³/mol. The fourth-order valence-corrected chi connectivity index (χ4v) is 9.20. The van der Waals surface area contributed by atoms with E-state index in [9.17, 15) is 47.0 Å². The van der Waals surface area contributed by atoms with E-state index in [1.807, 2.05) is 41.5 Å². The topological polar surface area (TPSA) is 151 Å². The van der Waals surface area contributed by atoms with Crippen molar-refractivity contribution in [2.45, 2.75) is 126 Å². The molecule has 2 unspecified atom stereocenters. The maximum absolute atomic E-state index is 13.6. The zero-order valence-electron chi connectivity index (χ0n) is 47.6. The molecule has 0 amide bonds. The van der Waals surface area contributed by atoms with E-state index in [-0.39, 0.29) is 29.4 Å². The maximum Gasteiger partial charge on any atom is 0.338 e. The summed E-state index contributed by atoms with van der Waals surface area (Å²) < 4.78 is 76.1. The summed E-state index contributed by atoms with van der Waals surface area (Å²) in [6.45, 7) is 17.5. The van der Waals surface area contributed by atoms with Crippen molar-refractivity contribution in [1.82, 2.24) is 0 Å². The van der Waals surface area contributed by atoms with E-state index < -0.39 is 71.0 Å². The Morgan fingerprint density at radius 3 is 0.962 bits per heavy atom. The van der Waals surface area contributed by atoms with Gasteiger partial charge in [0.1, 0.15) is 41.2 Å². The third-order valence-electron chi connectivity index (χ3n) is 10.4. The number of carbonyl (C=O) groups excluding carboxylic acids is 4. The molecule has 0 aliphatic carbocycles. The van der Waals surface area contributed by atoms with Crippen LogP contribution in [0.25, 0.3) is 0 Å². The molecule has 16 heteroatoms. The standard InChI is InChI=1S/C18H15S.2C17H22F2O5.C10H16N.CH3/c1-4-10-16(11-5-1)19(17-12-6-2-7-13-17)18-14-8-3-9-15-18;2*1-10(2)13(17(18,19)15(21)22)23-14(20)11-6-8-12(9-7-11)24-16(3,4)5;1-11(2,3)9-10-7-5-4-6-8-10;/h1-15H;2*6-10,13H,1-5H3,(H,21,22);4-8H,9H2,1-3H3;1H3/q+1;;;+1;-1/p-2. The van der Waals surface area contributed by atoms with Crippen LogP contribution in [0, 0.1) is 19.3 Å². The van der Waals surface area contributed by atoms with Crippen LogP contribution in [-0.2, 0) is 36.5 Å². The van der Waals surface area contributed by atoms with Crippen LogP contribution in [0.15, 0.2) is 185 Å². The number of rotatable bonds is 17. The van der Waals surface area contributed by atoms with Gasteiger partial charge in [0.25, 0.3) is 0 Å². The summed E-state index contributed by atoms with van der Waals surface area (Å²) in [5, 5.41) is 21.2. The highest BCUT2D eigenvalue weighted by Crippen LogP contribution is 2.32. The van der Waals surface area contributed by atoms with Crippen LogP contribution < -0.4 is 19.7 Å². The molecule has 0 aromatic heterocycles. The number of quaternary nitrogens is 1. The first kappa shape index (κ1) is 67.9. The summed E-state index contributed by atoms with van der Waals surface area (Å²) in [5.41, 5.74) is 0.565. The van der Waals surface area contributed by atoms with Crippen molar-refractivity contribution in [3.63, 3.8) is 0 Å². The van der Waals surface area contributed by atoms with E-state index in [1.165, 1.54) is 96.5 Å². The van der Waals surface area contributed by atoms with Gasteiger partial charge >= 0.3 is 23.8 Å². The Labute approximate surface area is 467 Å². The number of nitrogens with zero attached hydrogens (tertiary/aromatic N) is 1. The maximum atomic E-state index is 13.6. The number of ether oxygens (including phenoxy) is 4. The second-order valence-electron chi connectivity index (χ2n) is 21.6. The Morgan fingerprint density at radius 1 is 0.468 bits per heavy atom. The lowest BCUT2D eigenvalue weighted by atomic mass is 10.0. The number of alkyl halides is 4. The van der Waals surface area contributed by atoms with E-state index in [1.54, 1.807) is 0 Å². The highest BCUT2D eigenvalue weighted by molar-refractivity contribution is 7.97. The van der Waals surface area contributed by atoms with E-state index in [0.717, 1.165) is 11.0 Å². The minimum Gasteiger partial charge on any atom is -0.544 e. The van der Waals surface area contributed by atoms with Crippen LogP contribution >= 0.6 is 0 Å². The molecule has 0 spiro atoms. The average Bonchev–Trinajstić information content (AvgIpc) is 3.36. The summed E-state index contributed by atoms with van der Waals surface area (Å²) in [5.74, 6) is -16.6. The molecule has 0 radical (unpaired) electrons. The fourth-order valence-electron chi connectivity index (χ4n) is 7.09. The van der Waals surface area contributed by atoms with Gasteiger partial charge in [0.15, 0.2) is 26.9 Å². The number of hydrogen-bond acceptors (Lipinski definition) is 10. The van der Waals surface area contributed by atoms with Gasteiger partial charge in [-0.1, -0.05) is 113 Å². The molecule has 0 bridgehead atoms. The molecule has 6 aromatic carbocycles. The van der Waals surface area contributed by atoms with Gasteiger partial charge in [-0.15, -0.1) is 0 Å². The Morgan fingerprint density at radius 2 is 0.734 bits per heavy atom. The molecular formula is C63H76F4NO10S-. The number of aliphatic carboxylic acids is 2. The Kier molecular flexibility index (Phi) is 26.0. The highest BCUT2D eigenvalue weighted by atomic mass is 32.2. The molecule has 0 aliphatic heterocycles. The van der Waals surface area contributed by atoms with Crippen LogP contribution in [-0.4, -0.2) is 84.8 Å². The van der Waals surface area contributed by atoms with Crippen molar-refractivity contribution >= 4 is 34.8 Å². The van der Waals surface area contributed by atoms with E-state index in [2.05, 4.69) is 142 Å². The number of carboxylic acids is 2. The minimum atomic E-state index is -4.28. The molecule has 11 nitrogen and oxygen atoms in total. The number of esters is 2. The number of carbonyl (C=O) groups is 4. The Bertz CT molecular complexity index is 2560. The number of benzene rings is 6. The van der Waals surface area contributed by atoms with Crippen LogP contribution in [0.4, 0.5) is 17.6 Å². The first-order chi connectivity index (χ1) is 36.2. The lowest BCUT2D eigenvalue weighted by molar-refractivity contribution is -0.884. The van der Waals surface area contributed by atoms with Gasteiger partial charge in [0, 0.05) is 5.56 Å². The van der Waals surface area contributed by atoms with Crippen molar-refractivity contribution in [1.29, 1.82) is 0 Å². The highest BCUT2D eigenvalue weighted by Gasteiger charge is 2.47. The zero-order chi connectivity index (χ0) is 58.6. The molecule has 6 aromatic rings. The van der Waals surface area contributed by atoms with Crippen molar-refractivity contribution < 1.29 is 70.4 Å². The van der Waals surface area contributed by atoms with E-state index >= 15 is 0 Å². The molecule has 2 atom stereocenters. The van der Waals surface area contributed by atoms with Gasteiger partial charge in [0.05, 0.1) is 43.2 Å². The van der Waals surface area contributed by atoms with Crippen molar-refractivity contribution in [2.75, 3.05) is 21.1 Å². The minimum absolute atomic E-state index is 0. The second-order valence-corrected chi connectivity index (χ2v) is 23.6. The summed E-state index contributed by atoms with van der Waals surface area (Å²) in [7, 11) is 6.59. The molecular weight excluding hydrogens is 1040 g/mol. The number of halogens is 4. The van der Waals surface area contributed by atoms with Gasteiger partial charge in [-0.3, -0.25) is 0 Å². The van der Waals surface area contributed by atoms with E-state index in [4.69, 9.17) is 18.9 Å². The monoisotopic (exact) mass is 1110 g/mol. The first-order valence-corrected chi connectivity index (χ1v) is 26.4. The van der Waals surface area contributed by atoms with Gasteiger partial charge in [-0.25, -0.2) is 9.59 Å². The number of carboxylic acid groups (broad SMARTS) is 2. The SMILES string of the molecule is CC(C)C(OC(=O)c1ccc(OC(C)(C)C)cc1)C(F)(F)C(=O)[O-].CC(C)C(OC(=O)c1ccc(OC(C)(C)C)cc1)C(F)(F)C(=O)[O-].C[N+](C)(C)Cc1ccccc1.[CH3-].c1ccc([S+](c2ccccc2)c2ccccc2)cc1. The van der Waals surface area contributed by atoms with Crippen molar-refractivity contribution in [3.05, 3.63) is 194 Å². The lowest BCUT2D eigenvalue weighted by Crippen LogP contribution is -2.53. The van der Waals surface area contributed by atoms with Crippen molar-refractivity contribution in [2.24, 2.45) is 11.8 Å². The zero-order valence-corrected chi connectivity index (χ0v) is 48.4. The molecule has 6 rings (SSSR count). The Hall–Kier alpha value is -7.17. The summed E-state index contributed by atoms with van der Waals surface area (Å²) in [6.07, 6.45) is -4.25. The van der Waals surface area contributed by atoms with E-state index in [0.29, 0.717) is 11.5 Å². The normalized spacial score (nSPS) is 12.4. The lowest BCUT2D eigenvalue weighted by Gasteiger charge is -2.30. The average molecular weight is 1120 g/mol. The molecule has 0 fully saturated rings. The first-order valence-electron chi connectivity index (χ1n) is 25.1. The summed E-state index contributed by atoms with van der Waals surface area (Å²) in [6, 6.07) is 54.2. The van der Waals surface area contributed by atoms with Crippen LogP contribution in [0.5, 0.6) is 11.5 Å². The second kappa shape index (κ2) is 30.3. The predicted octanol–water partition coefficient (Wildman–Crippen LogP) is 12.0. The molecule has 0 heterocycles. The van der Waals surface area contributed by atoms with Crippen molar-refractivity contribution in [3.8, 4) is 11.5 Å².